The molecule has 0 aliphatic rings. The van der Waals surface area contributed by atoms with Gasteiger partial charge in [0.2, 0.25) is 5.43 Å². The molecule has 1 atom stereocenters. The molecule has 0 spiro atoms. The molecule has 0 saturated heterocycles. The van der Waals surface area contributed by atoms with Crippen LogP contribution in [0.1, 0.15) is 48.7 Å². The lowest BCUT2D eigenvalue weighted by atomic mass is 10.1. The molecule has 0 aromatic carbocycles. The largest absolute Gasteiger partial charge is 0.342 e. The van der Waals surface area contributed by atoms with Crippen molar-refractivity contribution < 1.29 is 4.79 Å². The van der Waals surface area contributed by atoms with E-state index in [0.29, 0.717) is 29.9 Å². The van der Waals surface area contributed by atoms with Crippen LogP contribution in [0.2, 0.25) is 0 Å². The molecule has 3 rings (SSSR count). The molecule has 0 aliphatic carbocycles. The lowest BCUT2D eigenvalue weighted by Crippen LogP contribution is -2.33. The topological polar surface area (TPSA) is 94.7 Å². The highest BCUT2D eigenvalue weighted by Crippen LogP contribution is 2.13. The van der Waals surface area contributed by atoms with Crippen molar-refractivity contribution in [2.45, 2.75) is 46.8 Å². The summed E-state index contributed by atoms with van der Waals surface area (Å²) in [6, 6.07) is 3.13. The minimum atomic E-state index is -0.433. The summed E-state index contributed by atoms with van der Waals surface area (Å²) in [5, 5.41) is 7.39. The maximum absolute atomic E-state index is 12.8. The number of aryl methyl sites for hydroxylation is 3. The number of rotatable bonds is 5. The van der Waals surface area contributed by atoms with Crippen LogP contribution in [0.4, 0.5) is 0 Å². The fraction of sp³-hybridized carbons (Fsp3) is 0.389. The number of aromatic nitrogens is 5. The third-order valence-corrected chi connectivity index (χ3v) is 4.33. The molecule has 0 fully saturated rings. The fourth-order valence-electron chi connectivity index (χ4n) is 2.95. The Balaban J connectivity index is 1.99. The van der Waals surface area contributed by atoms with Gasteiger partial charge < -0.3 is 9.88 Å². The number of carbonyl (C=O) groups is 1. The van der Waals surface area contributed by atoms with Gasteiger partial charge in [-0.2, -0.15) is 5.10 Å². The van der Waals surface area contributed by atoms with E-state index in [1.165, 1.54) is 6.33 Å². The number of nitrogens with zero attached hydrogens (tertiary/aromatic N) is 5. The van der Waals surface area contributed by atoms with Crippen molar-refractivity contribution in [3.05, 3.63) is 52.0 Å². The van der Waals surface area contributed by atoms with E-state index in [0.717, 1.165) is 5.69 Å². The van der Waals surface area contributed by atoms with Crippen molar-refractivity contribution in [3.63, 3.8) is 0 Å². The van der Waals surface area contributed by atoms with Gasteiger partial charge in [-0.1, -0.05) is 0 Å². The Labute approximate surface area is 150 Å². The van der Waals surface area contributed by atoms with E-state index in [9.17, 15) is 9.59 Å². The summed E-state index contributed by atoms with van der Waals surface area (Å²) in [4.78, 5) is 34.2. The molecule has 136 valence electrons. The minimum absolute atomic E-state index is 0.0967. The van der Waals surface area contributed by atoms with Crippen LogP contribution in [0.15, 0.2) is 29.5 Å². The fourth-order valence-corrected chi connectivity index (χ4v) is 2.95. The first-order valence-electron chi connectivity index (χ1n) is 8.65. The van der Waals surface area contributed by atoms with Crippen LogP contribution in [0.25, 0.3) is 11.0 Å². The number of carbonyl (C=O) groups excluding carboxylic acids is 1. The second-order valence-electron chi connectivity index (χ2n) is 6.11. The van der Waals surface area contributed by atoms with Gasteiger partial charge >= 0.3 is 0 Å². The Morgan fingerprint density at radius 1 is 1.27 bits per heavy atom. The van der Waals surface area contributed by atoms with Crippen molar-refractivity contribution in [2.24, 2.45) is 0 Å². The van der Waals surface area contributed by atoms with Gasteiger partial charge in [0.25, 0.3) is 5.91 Å². The predicted octanol–water partition coefficient (Wildman–Crippen LogP) is 1.83. The number of hydrogen-bond acceptors (Lipinski definition) is 5. The van der Waals surface area contributed by atoms with Gasteiger partial charge in [-0.15, -0.1) is 0 Å². The zero-order valence-corrected chi connectivity index (χ0v) is 15.4. The van der Waals surface area contributed by atoms with Gasteiger partial charge in [-0.3, -0.25) is 9.59 Å². The minimum Gasteiger partial charge on any atom is -0.342 e. The lowest BCUT2D eigenvalue weighted by Gasteiger charge is -2.15. The Kier molecular flexibility index (Phi) is 4.83. The summed E-state index contributed by atoms with van der Waals surface area (Å²) in [5.74, 6) is 0.215. The third-order valence-electron chi connectivity index (χ3n) is 4.33. The van der Waals surface area contributed by atoms with Crippen LogP contribution in [-0.2, 0) is 13.1 Å². The normalized spacial score (nSPS) is 12.3. The molecule has 0 bridgehead atoms. The van der Waals surface area contributed by atoms with Crippen molar-refractivity contribution in [3.8, 4) is 0 Å². The SMILES string of the molecule is CCn1ncnc1[C@@H](C)NC(=O)c1cn(CC)c2nc(C)ccc2c1=O. The summed E-state index contributed by atoms with van der Waals surface area (Å²) in [6.07, 6.45) is 3.03. The first-order chi connectivity index (χ1) is 12.5. The van der Waals surface area contributed by atoms with E-state index in [1.54, 1.807) is 23.0 Å². The summed E-state index contributed by atoms with van der Waals surface area (Å²) < 4.78 is 3.53. The smallest absolute Gasteiger partial charge is 0.257 e. The van der Waals surface area contributed by atoms with E-state index < -0.39 is 5.91 Å². The molecule has 0 radical (unpaired) electrons. The van der Waals surface area contributed by atoms with E-state index in [1.807, 2.05) is 32.3 Å². The Morgan fingerprint density at radius 3 is 2.73 bits per heavy atom. The molecule has 1 N–H and O–H groups in total. The molecule has 8 nitrogen and oxygen atoms in total. The van der Waals surface area contributed by atoms with Crippen LogP contribution >= 0.6 is 0 Å². The van der Waals surface area contributed by atoms with Crippen molar-refractivity contribution in [2.75, 3.05) is 0 Å². The van der Waals surface area contributed by atoms with Gasteiger partial charge in [-0.25, -0.2) is 14.6 Å². The summed E-state index contributed by atoms with van der Waals surface area (Å²) in [5.41, 5.74) is 1.19. The molecule has 3 aromatic heterocycles. The zero-order valence-electron chi connectivity index (χ0n) is 15.4. The van der Waals surface area contributed by atoms with Gasteiger partial charge in [0.15, 0.2) is 0 Å². The summed E-state index contributed by atoms with van der Waals surface area (Å²) in [6.45, 7) is 8.84. The second kappa shape index (κ2) is 7.07. The first-order valence-corrected chi connectivity index (χ1v) is 8.65. The Hall–Kier alpha value is -3.03. The molecule has 0 aliphatic heterocycles. The summed E-state index contributed by atoms with van der Waals surface area (Å²) in [7, 11) is 0. The zero-order chi connectivity index (χ0) is 18.8. The molecule has 3 aromatic rings. The molecule has 0 unspecified atom stereocenters. The Morgan fingerprint density at radius 2 is 2.04 bits per heavy atom. The highest BCUT2D eigenvalue weighted by atomic mass is 16.2. The van der Waals surface area contributed by atoms with E-state index in [4.69, 9.17) is 0 Å². The van der Waals surface area contributed by atoms with Crippen LogP contribution < -0.4 is 10.7 Å². The highest BCUT2D eigenvalue weighted by Gasteiger charge is 2.20. The van der Waals surface area contributed by atoms with E-state index >= 15 is 0 Å². The van der Waals surface area contributed by atoms with Gasteiger partial charge in [0.05, 0.1) is 11.4 Å². The van der Waals surface area contributed by atoms with E-state index in [2.05, 4.69) is 20.4 Å². The molecule has 8 heteroatoms. The predicted molar refractivity (Wildman–Crippen MR) is 98.0 cm³/mol. The standard InChI is InChI=1S/C18H22N6O2/c1-5-23-9-14(15(25)13-8-7-11(3)21-17(13)23)18(26)22-12(4)16-19-10-20-24(16)6-2/h7-10,12H,5-6H2,1-4H3,(H,22,26)/t12-/m1/s1. The first kappa shape index (κ1) is 17.8. The number of nitrogens with one attached hydrogen (secondary N) is 1. The van der Waals surface area contributed by atoms with Crippen molar-refractivity contribution in [1.29, 1.82) is 0 Å². The lowest BCUT2D eigenvalue weighted by molar-refractivity contribution is 0.0936. The molecular weight excluding hydrogens is 332 g/mol. The average Bonchev–Trinajstić information content (AvgIpc) is 3.10. The van der Waals surface area contributed by atoms with Gasteiger partial charge in [-0.05, 0) is 39.8 Å². The van der Waals surface area contributed by atoms with Crippen LogP contribution in [0.5, 0.6) is 0 Å². The van der Waals surface area contributed by atoms with Crippen LogP contribution in [0.3, 0.4) is 0 Å². The molecule has 1 amide bonds. The second-order valence-corrected chi connectivity index (χ2v) is 6.11. The molecule has 0 saturated carbocycles. The third kappa shape index (κ3) is 3.10. The Bertz CT molecular complexity index is 1020. The number of fused-ring (bicyclic) bond motifs is 1. The van der Waals surface area contributed by atoms with Crippen molar-refractivity contribution >= 4 is 16.9 Å². The van der Waals surface area contributed by atoms with Crippen molar-refractivity contribution in [1.82, 2.24) is 29.6 Å². The van der Waals surface area contributed by atoms with Crippen LogP contribution in [0, 0.1) is 6.92 Å². The van der Waals surface area contributed by atoms with Crippen LogP contribution in [-0.4, -0.2) is 30.2 Å². The average molecular weight is 354 g/mol. The quantitative estimate of drug-likeness (QED) is 0.754. The van der Waals surface area contributed by atoms with Gasteiger partial charge in [0, 0.05) is 25.0 Å². The highest BCUT2D eigenvalue weighted by molar-refractivity contribution is 5.97. The molecule has 26 heavy (non-hydrogen) atoms. The number of amides is 1. The number of pyridine rings is 2. The summed E-state index contributed by atoms with van der Waals surface area (Å²) >= 11 is 0. The maximum Gasteiger partial charge on any atom is 0.257 e. The number of hydrogen-bond donors (Lipinski definition) is 1. The monoisotopic (exact) mass is 354 g/mol. The maximum atomic E-state index is 12.8. The molecule has 3 heterocycles. The molecular formula is C18H22N6O2. The van der Waals surface area contributed by atoms with E-state index in [-0.39, 0.29) is 17.0 Å². The van der Waals surface area contributed by atoms with Gasteiger partial charge in [0.1, 0.15) is 23.4 Å².